The Balaban J connectivity index is 4.01. The lowest BCUT2D eigenvalue weighted by molar-refractivity contribution is -0.136. The van der Waals surface area contributed by atoms with Gasteiger partial charge < -0.3 is 10.2 Å². The van der Waals surface area contributed by atoms with Gasteiger partial charge in [-0.1, -0.05) is 13.8 Å². The summed E-state index contributed by atoms with van der Waals surface area (Å²) >= 11 is 0. The number of carboxylic acid groups (broad SMARTS) is 1. The Kier molecular flexibility index (Phi) is 4.85. The molecule has 0 unspecified atom stereocenters. The molecular weight excluding hydrogens is 158 g/mol. The van der Waals surface area contributed by atoms with E-state index in [9.17, 15) is 4.79 Å². The summed E-state index contributed by atoms with van der Waals surface area (Å²) in [7, 11) is 0. The number of hydrogen-bond acceptors (Lipinski definition) is 3. The molecule has 0 spiro atoms. The van der Waals surface area contributed by atoms with Crippen molar-refractivity contribution in [2.24, 2.45) is 0 Å². The molecule has 0 bridgehead atoms. The quantitative estimate of drug-likeness (QED) is 0.540. The van der Waals surface area contributed by atoms with Crippen molar-refractivity contribution in [3.8, 4) is 0 Å². The average molecular weight is 175 g/mol. The Labute approximate surface area is 72.6 Å². The summed E-state index contributed by atoms with van der Waals surface area (Å²) < 4.78 is 0. The van der Waals surface area contributed by atoms with E-state index in [1.807, 2.05) is 13.8 Å². The fraction of sp³-hybridized carbons (Fsp3) is 0.875. The van der Waals surface area contributed by atoms with Gasteiger partial charge in [-0.3, -0.25) is 10.1 Å². The van der Waals surface area contributed by atoms with E-state index in [0.717, 1.165) is 12.8 Å². The molecule has 4 heteroatoms. The molecule has 0 aromatic carbocycles. The van der Waals surface area contributed by atoms with Gasteiger partial charge in [0.15, 0.2) is 0 Å². The van der Waals surface area contributed by atoms with Crippen molar-refractivity contribution in [2.75, 3.05) is 13.2 Å². The molecule has 0 atom stereocenters. The number of aliphatic hydroxyl groups is 1. The summed E-state index contributed by atoms with van der Waals surface area (Å²) in [4.78, 5) is 10.2. The first-order valence-electron chi connectivity index (χ1n) is 4.18. The molecule has 0 radical (unpaired) electrons. The minimum absolute atomic E-state index is 0.0206. The lowest BCUT2D eigenvalue weighted by Gasteiger charge is -2.29. The molecule has 3 N–H and O–H groups in total. The van der Waals surface area contributed by atoms with Crippen LogP contribution in [-0.4, -0.2) is 34.9 Å². The van der Waals surface area contributed by atoms with Crippen LogP contribution in [0.3, 0.4) is 0 Å². The summed E-state index contributed by atoms with van der Waals surface area (Å²) in [5.74, 6) is -0.894. The highest BCUT2D eigenvalue weighted by atomic mass is 16.4. The molecule has 0 fully saturated rings. The number of aliphatic hydroxyl groups excluding tert-OH is 1. The molecule has 0 aromatic heterocycles. The summed E-state index contributed by atoms with van der Waals surface area (Å²) in [5.41, 5.74) is -0.418. The van der Waals surface area contributed by atoms with Crippen molar-refractivity contribution in [3.63, 3.8) is 0 Å². The number of hydrogen-bond donors (Lipinski definition) is 3. The van der Waals surface area contributed by atoms with E-state index in [2.05, 4.69) is 5.32 Å². The fourth-order valence-electron chi connectivity index (χ4n) is 1.04. The van der Waals surface area contributed by atoms with Crippen molar-refractivity contribution in [3.05, 3.63) is 0 Å². The Bertz CT molecular complexity index is 135. The number of nitrogens with one attached hydrogen (secondary N) is 1. The van der Waals surface area contributed by atoms with Gasteiger partial charge in [-0.25, -0.2) is 0 Å². The second-order valence-electron chi connectivity index (χ2n) is 2.89. The van der Waals surface area contributed by atoms with Crippen molar-refractivity contribution in [1.29, 1.82) is 0 Å². The molecule has 72 valence electrons. The van der Waals surface area contributed by atoms with Gasteiger partial charge in [0.1, 0.15) is 0 Å². The third-order valence-electron chi connectivity index (χ3n) is 2.27. The van der Waals surface area contributed by atoms with E-state index in [4.69, 9.17) is 10.2 Å². The van der Waals surface area contributed by atoms with Crippen LogP contribution in [0.15, 0.2) is 0 Å². The summed E-state index contributed by atoms with van der Waals surface area (Å²) in [6.07, 6.45) is 1.46. The van der Waals surface area contributed by atoms with Crippen LogP contribution in [-0.2, 0) is 4.79 Å². The first-order chi connectivity index (χ1) is 5.60. The van der Waals surface area contributed by atoms with Crippen LogP contribution < -0.4 is 5.32 Å². The molecule has 0 rings (SSSR count). The van der Waals surface area contributed by atoms with Gasteiger partial charge in [0.2, 0.25) is 0 Å². The van der Waals surface area contributed by atoms with Crippen molar-refractivity contribution in [1.82, 2.24) is 5.32 Å². The van der Waals surface area contributed by atoms with E-state index in [1.165, 1.54) is 0 Å². The maximum absolute atomic E-state index is 10.2. The highest BCUT2D eigenvalue weighted by Crippen LogP contribution is 2.13. The van der Waals surface area contributed by atoms with E-state index < -0.39 is 11.5 Å². The van der Waals surface area contributed by atoms with Gasteiger partial charge in [-0.05, 0) is 12.8 Å². The summed E-state index contributed by atoms with van der Waals surface area (Å²) in [5, 5.41) is 20.3. The Morgan fingerprint density at radius 1 is 1.42 bits per heavy atom. The van der Waals surface area contributed by atoms with Gasteiger partial charge in [-0.15, -0.1) is 0 Å². The van der Waals surface area contributed by atoms with E-state index in [-0.39, 0.29) is 13.2 Å². The molecule has 0 heterocycles. The smallest absolute Gasteiger partial charge is 0.317 e. The van der Waals surface area contributed by atoms with Gasteiger partial charge in [0.05, 0.1) is 13.2 Å². The number of carbonyl (C=O) groups is 1. The normalized spacial score (nSPS) is 11.6. The second kappa shape index (κ2) is 5.11. The van der Waals surface area contributed by atoms with Crippen LogP contribution in [0, 0.1) is 0 Å². The van der Waals surface area contributed by atoms with Crippen molar-refractivity contribution >= 4 is 5.97 Å². The molecule has 4 nitrogen and oxygen atoms in total. The first kappa shape index (κ1) is 11.4. The highest BCUT2D eigenvalue weighted by molar-refractivity contribution is 5.69. The lowest BCUT2D eigenvalue weighted by atomic mass is 9.94. The monoisotopic (exact) mass is 175 g/mol. The highest BCUT2D eigenvalue weighted by Gasteiger charge is 2.24. The van der Waals surface area contributed by atoms with Crippen LogP contribution >= 0.6 is 0 Å². The molecule has 0 aliphatic rings. The SMILES string of the molecule is CCC(CC)(CO)NCC(=O)O. The Morgan fingerprint density at radius 2 is 1.92 bits per heavy atom. The maximum atomic E-state index is 10.2. The van der Waals surface area contributed by atoms with Crippen LogP contribution in [0.2, 0.25) is 0 Å². The first-order valence-corrected chi connectivity index (χ1v) is 4.18. The van der Waals surface area contributed by atoms with E-state index in [0.29, 0.717) is 0 Å². The van der Waals surface area contributed by atoms with Gasteiger partial charge in [0.25, 0.3) is 0 Å². The average Bonchev–Trinajstić information content (AvgIpc) is 2.08. The van der Waals surface area contributed by atoms with E-state index >= 15 is 0 Å². The number of rotatable bonds is 6. The predicted octanol–water partition coefficient (Wildman–Crippen LogP) is 0.212. The van der Waals surface area contributed by atoms with Crippen molar-refractivity contribution < 1.29 is 15.0 Å². The van der Waals surface area contributed by atoms with Gasteiger partial charge >= 0.3 is 5.97 Å². The standard InChI is InChI=1S/C8H17NO3/c1-3-8(4-2,6-10)9-5-7(11)12/h9-10H,3-6H2,1-2H3,(H,11,12). The zero-order valence-corrected chi connectivity index (χ0v) is 7.63. The zero-order valence-electron chi connectivity index (χ0n) is 7.63. The zero-order chi connectivity index (χ0) is 9.61. The molecule has 12 heavy (non-hydrogen) atoms. The van der Waals surface area contributed by atoms with Crippen LogP contribution in [0.1, 0.15) is 26.7 Å². The number of carboxylic acids is 1. The van der Waals surface area contributed by atoms with Crippen LogP contribution in [0.25, 0.3) is 0 Å². The molecule has 0 aromatic rings. The largest absolute Gasteiger partial charge is 0.480 e. The Morgan fingerprint density at radius 3 is 2.17 bits per heavy atom. The molecular formula is C8H17NO3. The maximum Gasteiger partial charge on any atom is 0.317 e. The fourth-order valence-corrected chi connectivity index (χ4v) is 1.04. The summed E-state index contributed by atoms with van der Waals surface area (Å²) in [6.45, 7) is 3.73. The van der Waals surface area contributed by atoms with E-state index in [1.54, 1.807) is 0 Å². The molecule has 0 saturated heterocycles. The van der Waals surface area contributed by atoms with Gasteiger partial charge in [-0.2, -0.15) is 0 Å². The van der Waals surface area contributed by atoms with Crippen LogP contribution in [0.4, 0.5) is 0 Å². The molecule has 0 amide bonds. The minimum Gasteiger partial charge on any atom is -0.480 e. The minimum atomic E-state index is -0.894. The second-order valence-corrected chi connectivity index (χ2v) is 2.89. The molecule has 0 saturated carbocycles. The Hall–Kier alpha value is -0.610. The van der Waals surface area contributed by atoms with Crippen LogP contribution in [0.5, 0.6) is 0 Å². The molecule has 0 aliphatic heterocycles. The third kappa shape index (κ3) is 3.19. The van der Waals surface area contributed by atoms with Gasteiger partial charge in [0, 0.05) is 5.54 Å². The summed E-state index contributed by atoms with van der Waals surface area (Å²) in [6, 6.07) is 0. The predicted molar refractivity (Wildman–Crippen MR) is 46.0 cm³/mol. The van der Waals surface area contributed by atoms with Crippen molar-refractivity contribution in [2.45, 2.75) is 32.2 Å². The topological polar surface area (TPSA) is 69.6 Å². The number of aliphatic carboxylic acids is 1. The third-order valence-corrected chi connectivity index (χ3v) is 2.27. The lowest BCUT2D eigenvalue weighted by Crippen LogP contribution is -2.49. The molecule has 0 aliphatic carbocycles.